The second kappa shape index (κ2) is 5.85. The summed E-state index contributed by atoms with van der Waals surface area (Å²) in [5.74, 6) is -0.458. The molecule has 0 fully saturated rings. The van der Waals surface area contributed by atoms with Gasteiger partial charge in [0.25, 0.3) is 0 Å². The number of rotatable bonds is 3. The summed E-state index contributed by atoms with van der Waals surface area (Å²) >= 11 is 9.15. The molecule has 0 radical (unpaired) electrons. The summed E-state index contributed by atoms with van der Waals surface area (Å²) in [5, 5.41) is 0.559. The van der Waals surface area contributed by atoms with E-state index >= 15 is 0 Å². The minimum Gasteiger partial charge on any atom is -0.294 e. The molecule has 0 aromatic heterocycles. The third-order valence-corrected chi connectivity index (χ3v) is 4.17. The normalized spacial score (nSPS) is 10.5. The molecule has 2 aromatic rings. The fraction of sp³-hybridized carbons (Fsp3) is 0.133. The highest BCUT2D eigenvalue weighted by atomic mass is 79.9. The zero-order valence-electron chi connectivity index (χ0n) is 10.2. The Labute approximate surface area is 124 Å². The van der Waals surface area contributed by atoms with Gasteiger partial charge >= 0.3 is 0 Å². The Bertz CT molecular complexity index is 640. The van der Waals surface area contributed by atoms with Gasteiger partial charge in [-0.05, 0) is 46.1 Å². The van der Waals surface area contributed by atoms with Gasteiger partial charge < -0.3 is 0 Å². The topological polar surface area (TPSA) is 17.1 Å². The van der Waals surface area contributed by atoms with Crippen molar-refractivity contribution in [2.45, 2.75) is 13.3 Å². The Hall–Kier alpha value is -1.19. The maximum Gasteiger partial charge on any atom is 0.167 e. The van der Waals surface area contributed by atoms with Gasteiger partial charge in [0.2, 0.25) is 0 Å². The Morgan fingerprint density at radius 3 is 2.74 bits per heavy atom. The Kier molecular flexibility index (Phi) is 4.38. The number of aryl methyl sites for hydroxylation is 1. The molecule has 0 bridgehead atoms. The van der Waals surface area contributed by atoms with Crippen molar-refractivity contribution in [3.8, 4) is 0 Å². The van der Waals surface area contributed by atoms with E-state index in [0.29, 0.717) is 20.6 Å². The van der Waals surface area contributed by atoms with Crippen molar-refractivity contribution in [1.82, 2.24) is 0 Å². The average Bonchev–Trinajstić information content (AvgIpc) is 2.38. The van der Waals surface area contributed by atoms with E-state index in [0.717, 1.165) is 5.56 Å². The summed E-state index contributed by atoms with van der Waals surface area (Å²) in [6.45, 7) is 1.87. The lowest BCUT2D eigenvalue weighted by molar-refractivity contribution is 0.0993. The van der Waals surface area contributed by atoms with Crippen LogP contribution in [-0.4, -0.2) is 5.78 Å². The Morgan fingerprint density at radius 2 is 2.05 bits per heavy atom. The van der Waals surface area contributed by atoms with E-state index in [1.54, 1.807) is 30.3 Å². The van der Waals surface area contributed by atoms with E-state index in [1.165, 1.54) is 6.07 Å². The quantitative estimate of drug-likeness (QED) is 0.720. The highest BCUT2D eigenvalue weighted by Gasteiger charge is 2.12. The van der Waals surface area contributed by atoms with Gasteiger partial charge in [-0.2, -0.15) is 0 Å². The molecular weight excluding hydrogens is 331 g/mol. The van der Waals surface area contributed by atoms with Crippen molar-refractivity contribution >= 4 is 33.3 Å². The van der Waals surface area contributed by atoms with Crippen LogP contribution in [0.3, 0.4) is 0 Å². The maximum absolute atomic E-state index is 13.4. The summed E-state index contributed by atoms with van der Waals surface area (Å²) in [6.07, 6.45) is 0.137. The molecule has 0 saturated carbocycles. The van der Waals surface area contributed by atoms with Gasteiger partial charge in [-0.15, -0.1) is 0 Å². The summed E-state index contributed by atoms with van der Waals surface area (Å²) in [5.41, 5.74) is 2.08. The standard InChI is InChI=1S/C15H11BrClFO/c1-9-5-6-10(7-12(9)17)14(19)8-11-3-2-4-13(18)15(11)16/h2-7H,8H2,1H3. The molecular formula is C15H11BrClFO. The van der Waals surface area contributed by atoms with Crippen LogP contribution in [0.2, 0.25) is 5.02 Å². The SMILES string of the molecule is Cc1ccc(C(=O)Cc2cccc(F)c2Br)cc1Cl. The highest BCUT2D eigenvalue weighted by Crippen LogP contribution is 2.23. The number of hydrogen-bond acceptors (Lipinski definition) is 1. The van der Waals surface area contributed by atoms with E-state index in [9.17, 15) is 9.18 Å². The first-order chi connectivity index (χ1) is 8.99. The fourth-order valence-corrected chi connectivity index (χ4v) is 2.31. The largest absolute Gasteiger partial charge is 0.294 e. The summed E-state index contributed by atoms with van der Waals surface area (Å²) in [6, 6.07) is 9.84. The van der Waals surface area contributed by atoms with Crippen LogP contribution in [0.5, 0.6) is 0 Å². The Morgan fingerprint density at radius 1 is 1.32 bits per heavy atom. The van der Waals surface area contributed by atoms with Gasteiger partial charge in [0.1, 0.15) is 5.82 Å². The number of carbonyl (C=O) groups excluding carboxylic acids is 1. The van der Waals surface area contributed by atoms with Gasteiger partial charge in [-0.3, -0.25) is 4.79 Å². The molecule has 1 nitrogen and oxygen atoms in total. The smallest absolute Gasteiger partial charge is 0.167 e. The predicted molar refractivity (Wildman–Crippen MR) is 78.3 cm³/mol. The van der Waals surface area contributed by atoms with E-state index in [1.807, 2.05) is 6.92 Å². The highest BCUT2D eigenvalue weighted by molar-refractivity contribution is 9.10. The first-order valence-corrected chi connectivity index (χ1v) is 6.88. The van der Waals surface area contributed by atoms with E-state index < -0.39 is 0 Å². The molecule has 19 heavy (non-hydrogen) atoms. The molecule has 0 aliphatic heterocycles. The molecule has 0 saturated heterocycles. The van der Waals surface area contributed by atoms with Crippen molar-refractivity contribution in [2.24, 2.45) is 0 Å². The van der Waals surface area contributed by atoms with Crippen LogP contribution < -0.4 is 0 Å². The second-order valence-electron chi connectivity index (χ2n) is 4.28. The molecule has 0 heterocycles. The third kappa shape index (κ3) is 3.23. The van der Waals surface area contributed by atoms with Gasteiger partial charge in [-0.25, -0.2) is 4.39 Å². The van der Waals surface area contributed by atoms with Gasteiger partial charge in [-0.1, -0.05) is 35.9 Å². The van der Waals surface area contributed by atoms with Crippen molar-refractivity contribution < 1.29 is 9.18 Å². The number of Topliss-reactive ketones (excluding diaryl/α,β-unsaturated/α-hetero) is 1. The molecule has 0 N–H and O–H groups in total. The minimum absolute atomic E-state index is 0.0896. The van der Waals surface area contributed by atoms with Crippen molar-refractivity contribution in [3.05, 3.63) is 68.4 Å². The predicted octanol–water partition coefficient (Wildman–Crippen LogP) is 4.98. The fourth-order valence-electron chi connectivity index (χ4n) is 1.73. The van der Waals surface area contributed by atoms with Gasteiger partial charge in [0.15, 0.2) is 5.78 Å². The molecule has 0 aliphatic carbocycles. The van der Waals surface area contributed by atoms with Crippen molar-refractivity contribution in [3.63, 3.8) is 0 Å². The van der Waals surface area contributed by atoms with Crippen molar-refractivity contribution in [2.75, 3.05) is 0 Å². The summed E-state index contributed by atoms with van der Waals surface area (Å²) < 4.78 is 13.7. The average molecular weight is 342 g/mol. The molecule has 0 unspecified atom stereocenters. The lowest BCUT2D eigenvalue weighted by Crippen LogP contribution is -2.05. The molecule has 0 aliphatic rings. The van der Waals surface area contributed by atoms with Gasteiger partial charge in [0.05, 0.1) is 4.47 Å². The Balaban J connectivity index is 2.26. The third-order valence-electron chi connectivity index (χ3n) is 2.88. The first-order valence-electron chi connectivity index (χ1n) is 5.71. The maximum atomic E-state index is 13.4. The molecule has 98 valence electrons. The first kappa shape index (κ1) is 14.2. The van der Waals surface area contributed by atoms with E-state index in [4.69, 9.17) is 11.6 Å². The number of benzene rings is 2. The summed E-state index contributed by atoms with van der Waals surface area (Å²) in [4.78, 5) is 12.1. The lowest BCUT2D eigenvalue weighted by Gasteiger charge is -2.06. The lowest BCUT2D eigenvalue weighted by atomic mass is 10.0. The van der Waals surface area contributed by atoms with Crippen LogP contribution in [-0.2, 0) is 6.42 Å². The van der Waals surface area contributed by atoms with Crippen LogP contribution in [0.15, 0.2) is 40.9 Å². The zero-order chi connectivity index (χ0) is 14.0. The van der Waals surface area contributed by atoms with Crippen LogP contribution in [0.1, 0.15) is 21.5 Å². The monoisotopic (exact) mass is 340 g/mol. The minimum atomic E-state index is -0.368. The molecule has 4 heteroatoms. The summed E-state index contributed by atoms with van der Waals surface area (Å²) in [7, 11) is 0. The molecule has 2 rings (SSSR count). The van der Waals surface area contributed by atoms with Crippen LogP contribution in [0.25, 0.3) is 0 Å². The number of ketones is 1. The van der Waals surface area contributed by atoms with Gasteiger partial charge in [0, 0.05) is 17.0 Å². The molecule has 0 amide bonds. The number of hydrogen-bond donors (Lipinski definition) is 0. The number of halogens is 3. The van der Waals surface area contributed by atoms with Crippen LogP contribution >= 0.6 is 27.5 Å². The molecule has 0 spiro atoms. The zero-order valence-corrected chi connectivity index (χ0v) is 12.6. The number of carbonyl (C=O) groups is 1. The van der Waals surface area contributed by atoms with E-state index in [2.05, 4.69) is 15.9 Å². The van der Waals surface area contributed by atoms with Crippen molar-refractivity contribution in [1.29, 1.82) is 0 Å². The van der Waals surface area contributed by atoms with E-state index in [-0.39, 0.29) is 18.0 Å². The second-order valence-corrected chi connectivity index (χ2v) is 5.48. The molecule has 0 atom stereocenters. The molecule has 2 aromatic carbocycles. The van der Waals surface area contributed by atoms with Crippen LogP contribution in [0, 0.1) is 12.7 Å². The van der Waals surface area contributed by atoms with Crippen LogP contribution in [0.4, 0.5) is 4.39 Å².